The number of aromatic amines is 1. The molecule has 4 amide bonds. The molecule has 0 bridgehead atoms. The summed E-state index contributed by atoms with van der Waals surface area (Å²) in [4.78, 5) is 68.0. The zero-order valence-electron chi connectivity index (χ0n) is 20.1. The second-order valence-corrected chi connectivity index (χ2v) is 9.16. The van der Waals surface area contributed by atoms with Gasteiger partial charge in [0.25, 0.3) is 0 Å². The van der Waals surface area contributed by atoms with Crippen molar-refractivity contribution in [3.8, 4) is 0 Å². The van der Waals surface area contributed by atoms with Crippen LogP contribution in [-0.2, 0) is 30.4 Å². The summed E-state index contributed by atoms with van der Waals surface area (Å²) < 4.78 is 0. The number of carboxylic acid groups (broad SMARTS) is 1. The third-order valence-corrected chi connectivity index (χ3v) is 6.03. The van der Waals surface area contributed by atoms with Gasteiger partial charge < -0.3 is 37.5 Å². The lowest BCUT2D eigenvalue weighted by atomic mass is 9.98. The van der Waals surface area contributed by atoms with Crippen molar-refractivity contribution in [3.05, 3.63) is 18.2 Å². The highest BCUT2D eigenvalue weighted by atomic mass is 32.2. The molecule has 0 fully saturated rings. The van der Waals surface area contributed by atoms with Crippen LogP contribution in [0.4, 0.5) is 0 Å². The first kappa shape index (κ1) is 29.9. The number of carbonyl (C=O) groups is 5. The fraction of sp³-hybridized carbons (Fsp3) is 0.619. The Balaban J connectivity index is 3.07. The molecular weight excluding hydrogens is 478 g/mol. The number of hydrogen-bond donors (Lipinski definition) is 7. The van der Waals surface area contributed by atoms with Gasteiger partial charge in [-0.25, -0.2) is 9.78 Å². The standard InChI is InChI=1S/C21H35N7O6S/c1-4-11(2)17(21(33)34)28-20(32)15(7-12-9-24-10-25-12)27-19(31)14(5-6-35-3)26-18(30)13(22)8-16(23)29/h9-11,13-15,17H,4-8,22H2,1-3H3,(H2,23,29)(H,24,25)(H,26,30)(H,27,31)(H,28,32)(H,33,34). The van der Waals surface area contributed by atoms with Crippen LogP contribution >= 0.6 is 11.8 Å². The number of nitrogens with two attached hydrogens (primary N) is 2. The summed E-state index contributed by atoms with van der Waals surface area (Å²) in [6.45, 7) is 3.50. The van der Waals surface area contributed by atoms with E-state index in [1.807, 2.05) is 6.26 Å². The van der Waals surface area contributed by atoms with E-state index in [1.54, 1.807) is 13.8 Å². The van der Waals surface area contributed by atoms with Gasteiger partial charge in [0.05, 0.1) is 18.8 Å². The van der Waals surface area contributed by atoms with Crippen LogP contribution in [0.25, 0.3) is 0 Å². The van der Waals surface area contributed by atoms with Gasteiger partial charge in [0.15, 0.2) is 0 Å². The normalized spacial score (nSPS) is 15.2. The molecule has 0 aliphatic heterocycles. The largest absolute Gasteiger partial charge is 0.480 e. The van der Waals surface area contributed by atoms with E-state index >= 15 is 0 Å². The Labute approximate surface area is 207 Å². The predicted molar refractivity (Wildman–Crippen MR) is 130 cm³/mol. The molecule has 5 unspecified atom stereocenters. The molecule has 196 valence electrons. The molecule has 1 rings (SSSR count). The second kappa shape index (κ2) is 15.0. The van der Waals surface area contributed by atoms with Crippen molar-refractivity contribution < 1.29 is 29.1 Å². The van der Waals surface area contributed by atoms with E-state index in [1.165, 1.54) is 24.3 Å². The van der Waals surface area contributed by atoms with Crippen molar-refractivity contribution >= 4 is 41.4 Å². The average molecular weight is 514 g/mol. The number of rotatable bonds is 16. The molecule has 0 aliphatic carbocycles. The topological polar surface area (TPSA) is 222 Å². The molecule has 9 N–H and O–H groups in total. The molecule has 13 nitrogen and oxygen atoms in total. The number of aromatic nitrogens is 2. The minimum Gasteiger partial charge on any atom is -0.480 e. The molecule has 0 saturated heterocycles. The molecule has 1 aromatic rings. The van der Waals surface area contributed by atoms with Gasteiger partial charge in [-0.3, -0.25) is 19.2 Å². The molecule has 1 aromatic heterocycles. The van der Waals surface area contributed by atoms with E-state index in [2.05, 4.69) is 25.9 Å². The number of carbonyl (C=O) groups excluding carboxylic acids is 4. The van der Waals surface area contributed by atoms with Gasteiger partial charge in [-0.2, -0.15) is 11.8 Å². The lowest BCUT2D eigenvalue weighted by Gasteiger charge is -2.26. The SMILES string of the molecule is CCC(C)C(NC(=O)C(Cc1cnc[nH]1)NC(=O)C(CCSC)NC(=O)C(N)CC(N)=O)C(=O)O. The van der Waals surface area contributed by atoms with Crippen molar-refractivity contribution in [1.29, 1.82) is 0 Å². The maximum absolute atomic E-state index is 13.1. The summed E-state index contributed by atoms with van der Waals surface area (Å²) in [6, 6.07) is -4.57. The molecule has 0 saturated carbocycles. The first-order valence-corrected chi connectivity index (χ1v) is 12.5. The molecule has 0 radical (unpaired) electrons. The number of carboxylic acids is 1. The Morgan fingerprint density at radius 1 is 1.11 bits per heavy atom. The van der Waals surface area contributed by atoms with Gasteiger partial charge >= 0.3 is 5.97 Å². The number of imidazole rings is 1. The number of primary amides is 1. The highest BCUT2D eigenvalue weighted by Crippen LogP contribution is 2.10. The molecule has 14 heteroatoms. The third kappa shape index (κ3) is 10.3. The van der Waals surface area contributed by atoms with Crippen molar-refractivity contribution in [3.63, 3.8) is 0 Å². The Morgan fingerprint density at radius 2 is 1.74 bits per heavy atom. The van der Waals surface area contributed by atoms with E-state index in [4.69, 9.17) is 11.5 Å². The fourth-order valence-electron chi connectivity index (χ4n) is 3.13. The Bertz CT molecular complexity index is 866. The molecule has 0 spiro atoms. The maximum atomic E-state index is 13.1. The van der Waals surface area contributed by atoms with Crippen molar-refractivity contribution in [1.82, 2.24) is 25.9 Å². The van der Waals surface area contributed by atoms with E-state index in [9.17, 15) is 29.1 Å². The molecule has 0 aliphatic rings. The number of nitrogens with one attached hydrogen (secondary N) is 4. The smallest absolute Gasteiger partial charge is 0.326 e. The Kier molecular flexibility index (Phi) is 12.8. The van der Waals surface area contributed by atoms with E-state index in [0.717, 1.165) is 0 Å². The van der Waals surface area contributed by atoms with Crippen molar-refractivity contribution in [2.45, 2.75) is 63.7 Å². The summed E-state index contributed by atoms with van der Waals surface area (Å²) in [5.41, 5.74) is 11.3. The van der Waals surface area contributed by atoms with Gasteiger partial charge in [-0.15, -0.1) is 0 Å². The van der Waals surface area contributed by atoms with Crippen LogP contribution in [0, 0.1) is 5.92 Å². The Morgan fingerprint density at radius 3 is 2.26 bits per heavy atom. The summed E-state index contributed by atoms with van der Waals surface area (Å²) in [6.07, 6.45) is 5.08. The minimum absolute atomic E-state index is 0.00873. The van der Waals surface area contributed by atoms with Crippen LogP contribution in [0.3, 0.4) is 0 Å². The van der Waals surface area contributed by atoms with Crippen LogP contribution in [-0.4, -0.2) is 80.8 Å². The second-order valence-electron chi connectivity index (χ2n) is 8.17. The van der Waals surface area contributed by atoms with Crippen LogP contribution in [0.1, 0.15) is 38.8 Å². The van der Waals surface area contributed by atoms with Gasteiger partial charge in [0.1, 0.15) is 18.1 Å². The summed E-state index contributed by atoms with van der Waals surface area (Å²) in [5.74, 6) is -3.87. The molecule has 0 aromatic carbocycles. The fourth-order valence-corrected chi connectivity index (χ4v) is 3.60. The van der Waals surface area contributed by atoms with Crippen LogP contribution in [0.5, 0.6) is 0 Å². The summed E-state index contributed by atoms with van der Waals surface area (Å²) in [5, 5.41) is 17.1. The molecule has 1 heterocycles. The highest BCUT2D eigenvalue weighted by Gasteiger charge is 2.32. The zero-order chi connectivity index (χ0) is 26.5. The molecular formula is C21H35N7O6S. The number of hydrogen-bond acceptors (Lipinski definition) is 8. The van der Waals surface area contributed by atoms with Crippen molar-refractivity contribution in [2.75, 3.05) is 12.0 Å². The first-order valence-electron chi connectivity index (χ1n) is 11.1. The van der Waals surface area contributed by atoms with Gasteiger partial charge in [-0.05, 0) is 24.3 Å². The van der Waals surface area contributed by atoms with E-state index in [0.29, 0.717) is 17.9 Å². The number of thioether (sulfide) groups is 1. The van der Waals surface area contributed by atoms with Crippen LogP contribution < -0.4 is 27.4 Å². The third-order valence-electron chi connectivity index (χ3n) is 5.39. The average Bonchev–Trinajstić information content (AvgIpc) is 3.31. The molecule has 35 heavy (non-hydrogen) atoms. The zero-order valence-corrected chi connectivity index (χ0v) is 20.9. The van der Waals surface area contributed by atoms with Gasteiger partial charge in [0, 0.05) is 18.3 Å². The minimum atomic E-state index is -1.23. The van der Waals surface area contributed by atoms with Crippen LogP contribution in [0.15, 0.2) is 12.5 Å². The monoisotopic (exact) mass is 513 g/mol. The number of aliphatic carboxylic acids is 1. The van der Waals surface area contributed by atoms with Crippen molar-refractivity contribution in [2.24, 2.45) is 17.4 Å². The molecule has 5 atom stereocenters. The Hall–Kier alpha value is -3.13. The number of amides is 4. The lowest BCUT2D eigenvalue weighted by Crippen LogP contribution is -2.58. The highest BCUT2D eigenvalue weighted by molar-refractivity contribution is 7.98. The number of H-pyrrole nitrogens is 1. The quantitative estimate of drug-likeness (QED) is 0.136. The van der Waals surface area contributed by atoms with Crippen LogP contribution in [0.2, 0.25) is 0 Å². The predicted octanol–water partition coefficient (Wildman–Crippen LogP) is -1.51. The van der Waals surface area contributed by atoms with Gasteiger partial charge in [-0.1, -0.05) is 20.3 Å². The van der Waals surface area contributed by atoms with E-state index < -0.39 is 53.8 Å². The maximum Gasteiger partial charge on any atom is 0.326 e. The summed E-state index contributed by atoms with van der Waals surface area (Å²) >= 11 is 1.45. The number of nitrogens with zero attached hydrogens (tertiary/aromatic N) is 1. The first-order chi connectivity index (χ1) is 16.5. The lowest BCUT2D eigenvalue weighted by molar-refractivity contribution is -0.143. The van der Waals surface area contributed by atoms with Gasteiger partial charge in [0.2, 0.25) is 23.6 Å². The summed E-state index contributed by atoms with van der Waals surface area (Å²) in [7, 11) is 0. The van der Waals surface area contributed by atoms with E-state index in [-0.39, 0.29) is 25.2 Å².